The van der Waals surface area contributed by atoms with Crippen molar-refractivity contribution in [1.29, 1.82) is 0 Å². The number of fused-ring (bicyclic) bond motifs is 1. The average molecular weight is 395 g/mol. The number of ether oxygens (including phenoxy) is 1. The smallest absolute Gasteiger partial charge is 0.124 e. The molecule has 1 N–H and O–H groups in total. The molecule has 1 unspecified atom stereocenters. The molecule has 0 bridgehead atoms. The Bertz CT molecular complexity index is 959. The molecule has 1 aliphatic rings. The first-order valence-electron chi connectivity index (χ1n) is 9.98. The number of pyridine rings is 1. The molecule has 0 aliphatic carbocycles. The number of aliphatic hydroxyl groups is 1. The van der Waals surface area contributed by atoms with E-state index in [0.717, 1.165) is 54.2 Å². The Morgan fingerprint density at radius 3 is 2.59 bits per heavy atom. The molecule has 0 amide bonds. The summed E-state index contributed by atoms with van der Waals surface area (Å²) in [4.78, 5) is 9.04. The molecule has 0 spiro atoms. The van der Waals surface area contributed by atoms with E-state index >= 15 is 0 Å². The van der Waals surface area contributed by atoms with Crippen molar-refractivity contribution in [2.45, 2.75) is 13.0 Å². The maximum absolute atomic E-state index is 13.8. The number of para-hydroxylation sites is 1. The number of halogens is 1. The molecule has 1 aliphatic heterocycles. The van der Waals surface area contributed by atoms with E-state index < -0.39 is 6.10 Å². The first-order chi connectivity index (χ1) is 14.1. The Hall–Kier alpha value is -2.70. The number of hydrogen-bond acceptors (Lipinski definition) is 5. The summed E-state index contributed by atoms with van der Waals surface area (Å²) >= 11 is 0. The first-order valence-corrected chi connectivity index (χ1v) is 9.98. The van der Waals surface area contributed by atoms with Crippen molar-refractivity contribution in [3.8, 4) is 5.75 Å². The van der Waals surface area contributed by atoms with Gasteiger partial charge in [-0.2, -0.15) is 0 Å². The van der Waals surface area contributed by atoms with Crippen LogP contribution in [0.1, 0.15) is 5.69 Å². The predicted octanol–water partition coefficient (Wildman–Crippen LogP) is 3.24. The summed E-state index contributed by atoms with van der Waals surface area (Å²) in [7, 11) is 0. The Morgan fingerprint density at radius 2 is 1.83 bits per heavy atom. The van der Waals surface area contributed by atoms with Gasteiger partial charge in [0.25, 0.3) is 0 Å². The lowest BCUT2D eigenvalue weighted by atomic mass is 10.1. The number of aliphatic hydroxyl groups excluding tert-OH is 1. The van der Waals surface area contributed by atoms with Crippen molar-refractivity contribution in [2.24, 2.45) is 0 Å². The van der Waals surface area contributed by atoms with Crippen LogP contribution >= 0.6 is 0 Å². The minimum absolute atomic E-state index is 0.246. The van der Waals surface area contributed by atoms with Crippen LogP contribution in [0.15, 0.2) is 54.6 Å². The maximum Gasteiger partial charge on any atom is 0.124 e. The zero-order valence-electron chi connectivity index (χ0n) is 16.6. The second-order valence-electron chi connectivity index (χ2n) is 7.51. The lowest BCUT2D eigenvalue weighted by Gasteiger charge is -2.37. The summed E-state index contributed by atoms with van der Waals surface area (Å²) in [6.45, 7) is 6.12. The first kappa shape index (κ1) is 19.6. The van der Waals surface area contributed by atoms with Crippen LogP contribution in [0.2, 0.25) is 0 Å². The quantitative estimate of drug-likeness (QED) is 0.694. The van der Waals surface area contributed by atoms with Crippen LogP contribution in [-0.4, -0.2) is 60.4 Å². The number of β-amino-alcohol motifs (C(OH)–C–C–N with tert-alkyl or cyclic N) is 1. The number of aryl methyl sites for hydroxylation is 1. The van der Waals surface area contributed by atoms with Gasteiger partial charge in [0.2, 0.25) is 0 Å². The number of benzene rings is 2. The standard InChI is InChI=1S/C23H26FN3O2/c1-17-13-23(21-14-18(24)7-8-22(21)25-17)27-11-9-26(10-12-27)15-19(28)16-29-20-5-3-2-4-6-20/h2-8,13-14,19,28H,9-12,15-16H2,1H3. The molecule has 2 aromatic carbocycles. The molecule has 1 aromatic heterocycles. The maximum atomic E-state index is 13.8. The Labute approximate surface area is 170 Å². The van der Waals surface area contributed by atoms with Crippen molar-refractivity contribution < 1.29 is 14.2 Å². The highest BCUT2D eigenvalue weighted by molar-refractivity contribution is 5.92. The van der Waals surface area contributed by atoms with Gasteiger partial charge in [0.05, 0.1) is 5.52 Å². The molecule has 1 atom stereocenters. The van der Waals surface area contributed by atoms with Gasteiger partial charge in [0.1, 0.15) is 24.3 Å². The van der Waals surface area contributed by atoms with Crippen molar-refractivity contribution in [3.05, 3.63) is 66.1 Å². The topological polar surface area (TPSA) is 48.8 Å². The fraction of sp³-hybridized carbons (Fsp3) is 0.348. The summed E-state index contributed by atoms with van der Waals surface area (Å²) in [5.74, 6) is 0.521. The fourth-order valence-corrected chi connectivity index (χ4v) is 3.80. The summed E-state index contributed by atoms with van der Waals surface area (Å²) in [6.07, 6.45) is -0.542. The van der Waals surface area contributed by atoms with Crippen LogP contribution in [0.3, 0.4) is 0 Å². The number of rotatable bonds is 6. The molecule has 6 heteroatoms. The summed E-state index contributed by atoms with van der Waals surface area (Å²) in [5.41, 5.74) is 2.77. The van der Waals surface area contributed by atoms with Crippen molar-refractivity contribution >= 4 is 16.6 Å². The number of piperazine rings is 1. The lowest BCUT2D eigenvalue weighted by Crippen LogP contribution is -2.49. The molecule has 3 aromatic rings. The minimum atomic E-state index is -0.542. The number of hydrogen-bond donors (Lipinski definition) is 1. The van der Waals surface area contributed by atoms with E-state index in [9.17, 15) is 9.50 Å². The van der Waals surface area contributed by atoms with Gasteiger partial charge in [-0.15, -0.1) is 0 Å². The summed E-state index contributed by atoms with van der Waals surface area (Å²) < 4.78 is 19.4. The molecule has 4 rings (SSSR count). The third-order valence-electron chi connectivity index (χ3n) is 5.24. The molecular formula is C23H26FN3O2. The van der Waals surface area contributed by atoms with E-state index in [0.29, 0.717) is 6.54 Å². The largest absolute Gasteiger partial charge is 0.491 e. The van der Waals surface area contributed by atoms with E-state index in [-0.39, 0.29) is 12.4 Å². The van der Waals surface area contributed by atoms with Gasteiger partial charge in [-0.05, 0) is 43.3 Å². The van der Waals surface area contributed by atoms with Crippen molar-refractivity contribution in [1.82, 2.24) is 9.88 Å². The van der Waals surface area contributed by atoms with Crippen molar-refractivity contribution in [2.75, 3.05) is 44.2 Å². The second kappa shape index (κ2) is 8.76. The Balaban J connectivity index is 1.35. The zero-order valence-corrected chi connectivity index (χ0v) is 16.6. The van der Waals surface area contributed by atoms with Gasteiger partial charge in [-0.25, -0.2) is 4.39 Å². The van der Waals surface area contributed by atoms with Crippen LogP contribution in [0, 0.1) is 12.7 Å². The van der Waals surface area contributed by atoms with Crippen molar-refractivity contribution in [3.63, 3.8) is 0 Å². The van der Waals surface area contributed by atoms with Crippen LogP contribution < -0.4 is 9.64 Å². The predicted molar refractivity (Wildman–Crippen MR) is 113 cm³/mol. The van der Waals surface area contributed by atoms with E-state index in [1.54, 1.807) is 12.1 Å². The van der Waals surface area contributed by atoms with E-state index in [2.05, 4.69) is 14.8 Å². The highest BCUT2D eigenvalue weighted by Crippen LogP contribution is 2.28. The Kier molecular flexibility index (Phi) is 5.92. The zero-order chi connectivity index (χ0) is 20.2. The SMILES string of the molecule is Cc1cc(N2CCN(CC(O)COc3ccccc3)CC2)c2cc(F)ccc2n1. The van der Waals surface area contributed by atoms with Gasteiger partial charge >= 0.3 is 0 Å². The molecule has 5 nitrogen and oxygen atoms in total. The van der Waals surface area contributed by atoms with Crippen LogP contribution in [0.5, 0.6) is 5.75 Å². The lowest BCUT2D eigenvalue weighted by molar-refractivity contribution is 0.0663. The van der Waals surface area contributed by atoms with Gasteiger partial charge in [0, 0.05) is 49.5 Å². The van der Waals surface area contributed by atoms with Gasteiger partial charge < -0.3 is 14.7 Å². The van der Waals surface area contributed by atoms with Crippen LogP contribution in [0.25, 0.3) is 10.9 Å². The number of nitrogens with zero attached hydrogens (tertiary/aromatic N) is 3. The van der Waals surface area contributed by atoms with E-state index in [4.69, 9.17) is 4.74 Å². The number of aromatic nitrogens is 1. The van der Waals surface area contributed by atoms with Gasteiger partial charge in [-0.3, -0.25) is 9.88 Å². The third kappa shape index (κ3) is 4.83. The second-order valence-corrected chi connectivity index (χ2v) is 7.51. The van der Waals surface area contributed by atoms with Gasteiger partial charge in [0.15, 0.2) is 0 Å². The van der Waals surface area contributed by atoms with Crippen LogP contribution in [-0.2, 0) is 0 Å². The molecule has 29 heavy (non-hydrogen) atoms. The molecule has 152 valence electrons. The molecule has 1 saturated heterocycles. The molecule has 1 fully saturated rings. The van der Waals surface area contributed by atoms with E-state index in [1.165, 1.54) is 6.07 Å². The summed E-state index contributed by atoms with van der Waals surface area (Å²) in [5, 5.41) is 11.2. The monoisotopic (exact) mass is 395 g/mol. The summed E-state index contributed by atoms with van der Waals surface area (Å²) in [6, 6.07) is 16.3. The number of anilines is 1. The van der Waals surface area contributed by atoms with E-state index in [1.807, 2.05) is 43.3 Å². The Morgan fingerprint density at radius 1 is 1.07 bits per heavy atom. The third-order valence-corrected chi connectivity index (χ3v) is 5.24. The normalized spacial score (nSPS) is 16.2. The molecule has 0 radical (unpaired) electrons. The molecular weight excluding hydrogens is 369 g/mol. The molecule has 0 saturated carbocycles. The van der Waals surface area contributed by atoms with Crippen LogP contribution in [0.4, 0.5) is 10.1 Å². The highest BCUT2D eigenvalue weighted by atomic mass is 19.1. The molecule has 2 heterocycles. The fourth-order valence-electron chi connectivity index (χ4n) is 3.80. The highest BCUT2D eigenvalue weighted by Gasteiger charge is 2.21. The van der Waals surface area contributed by atoms with Gasteiger partial charge in [-0.1, -0.05) is 18.2 Å². The minimum Gasteiger partial charge on any atom is -0.491 e. The average Bonchev–Trinajstić information content (AvgIpc) is 2.73.